The zero-order valence-electron chi connectivity index (χ0n) is 18.0. The normalized spacial score (nSPS) is 12.2. The van der Waals surface area contributed by atoms with Crippen molar-refractivity contribution in [3.05, 3.63) is 59.8 Å². The molecule has 0 bridgehead atoms. The molecule has 0 aliphatic carbocycles. The van der Waals surface area contributed by atoms with Crippen molar-refractivity contribution < 1.29 is 9.59 Å². The van der Waals surface area contributed by atoms with Gasteiger partial charge in [-0.25, -0.2) is 4.98 Å². The SMILES string of the molecule is CCN1CCc2ccc(Nc3nc(Nc4cccc(NC(C)=O)c4)ncc3C(N)=O)cc21. The second-order valence-electron chi connectivity index (χ2n) is 7.51. The van der Waals surface area contributed by atoms with Crippen LogP contribution in [0.15, 0.2) is 48.7 Å². The number of fused-ring (bicyclic) bond motifs is 1. The van der Waals surface area contributed by atoms with Crippen molar-refractivity contribution in [2.75, 3.05) is 33.9 Å². The first kappa shape index (κ1) is 21.1. The molecule has 0 unspecified atom stereocenters. The van der Waals surface area contributed by atoms with Crippen molar-refractivity contribution in [3.8, 4) is 0 Å². The molecule has 1 aliphatic rings. The van der Waals surface area contributed by atoms with Crippen LogP contribution >= 0.6 is 0 Å². The summed E-state index contributed by atoms with van der Waals surface area (Å²) in [5.74, 6) is -0.183. The van der Waals surface area contributed by atoms with Crippen LogP contribution in [0.3, 0.4) is 0 Å². The lowest BCUT2D eigenvalue weighted by molar-refractivity contribution is -0.114. The van der Waals surface area contributed by atoms with Crippen molar-refractivity contribution in [2.45, 2.75) is 20.3 Å². The van der Waals surface area contributed by atoms with Gasteiger partial charge in [-0.3, -0.25) is 9.59 Å². The highest BCUT2D eigenvalue weighted by molar-refractivity contribution is 5.98. The summed E-state index contributed by atoms with van der Waals surface area (Å²) < 4.78 is 0. The van der Waals surface area contributed by atoms with E-state index in [0.29, 0.717) is 17.2 Å². The van der Waals surface area contributed by atoms with E-state index in [-0.39, 0.29) is 17.4 Å². The predicted molar refractivity (Wildman–Crippen MR) is 126 cm³/mol. The van der Waals surface area contributed by atoms with Gasteiger partial charge in [0.05, 0.1) is 0 Å². The first-order valence-electron chi connectivity index (χ1n) is 10.4. The van der Waals surface area contributed by atoms with E-state index in [4.69, 9.17) is 5.73 Å². The van der Waals surface area contributed by atoms with Gasteiger partial charge in [0, 0.05) is 49.0 Å². The Hall–Kier alpha value is -4.14. The van der Waals surface area contributed by atoms with Crippen LogP contribution in [0.2, 0.25) is 0 Å². The molecule has 1 aliphatic heterocycles. The molecule has 0 spiro atoms. The van der Waals surface area contributed by atoms with E-state index in [2.05, 4.69) is 49.9 Å². The zero-order chi connectivity index (χ0) is 22.7. The first-order chi connectivity index (χ1) is 15.4. The molecule has 9 heteroatoms. The molecule has 0 radical (unpaired) electrons. The topological polar surface area (TPSA) is 125 Å². The fourth-order valence-corrected chi connectivity index (χ4v) is 3.71. The maximum absolute atomic E-state index is 11.9. The number of nitrogens with one attached hydrogen (secondary N) is 3. The third-order valence-corrected chi connectivity index (χ3v) is 5.21. The van der Waals surface area contributed by atoms with Crippen molar-refractivity contribution in [1.82, 2.24) is 9.97 Å². The van der Waals surface area contributed by atoms with Crippen LogP contribution in [0.5, 0.6) is 0 Å². The number of rotatable bonds is 7. The molecule has 0 saturated carbocycles. The lowest BCUT2D eigenvalue weighted by Crippen LogP contribution is -2.19. The number of benzene rings is 2. The summed E-state index contributed by atoms with van der Waals surface area (Å²) in [7, 11) is 0. The second-order valence-corrected chi connectivity index (χ2v) is 7.51. The summed E-state index contributed by atoms with van der Waals surface area (Å²) in [6, 6.07) is 13.3. The monoisotopic (exact) mass is 431 g/mol. The molecule has 0 fully saturated rings. The molecule has 2 amide bonds. The van der Waals surface area contributed by atoms with Gasteiger partial charge in [-0.05, 0) is 49.2 Å². The van der Waals surface area contributed by atoms with Crippen molar-refractivity contribution in [3.63, 3.8) is 0 Å². The van der Waals surface area contributed by atoms with Crippen LogP contribution in [-0.4, -0.2) is 34.9 Å². The third kappa shape index (κ3) is 4.61. The minimum atomic E-state index is -0.622. The predicted octanol–water partition coefficient (Wildman–Crippen LogP) is 3.40. The Balaban J connectivity index is 1.61. The van der Waals surface area contributed by atoms with Gasteiger partial charge < -0.3 is 26.6 Å². The maximum atomic E-state index is 11.9. The van der Waals surface area contributed by atoms with E-state index in [1.807, 2.05) is 12.1 Å². The van der Waals surface area contributed by atoms with Gasteiger partial charge in [0.25, 0.3) is 5.91 Å². The molecule has 4 rings (SSSR count). The van der Waals surface area contributed by atoms with Gasteiger partial charge in [0.15, 0.2) is 0 Å². The average Bonchev–Trinajstić information content (AvgIpc) is 3.16. The summed E-state index contributed by atoms with van der Waals surface area (Å²) >= 11 is 0. The number of aromatic nitrogens is 2. The first-order valence-corrected chi connectivity index (χ1v) is 10.4. The highest BCUT2D eigenvalue weighted by atomic mass is 16.1. The molecule has 0 saturated heterocycles. The summed E-state index contributed by atoms with van der Waals surface area (Å²) in [4.78, 5) is 34.2. The second kappa shape index (κ2) is 8.93. The summed E-state index contributed by atoms with van der Waals surface area (Å²) in [5.41, 5.74) is 10.4. The van der Waals surface area contributed by atoms with Crippen LogP contribution in [0.1, 0.15) is 29.8 Å². The minimum Gasteiger partial charge on any atom is -0.371 e. The Bertz CT molecular complexity index is 1180. The molecule has 1 aromatic heterocycles. The fraction of sp³-hybridized carbons (Fsp3) is 0.217. The number of likely N-dealkylation sites (N-methyl/N-ethyl adjacent to an activating group) is 1. The molecule has 164 valence electrons. The molecule has 2 heterocycles. The quantitative estimate of drug-likeness (QED) is 0.452. The van der Waals surface area contributed by atoms with Crippen LogP contribution in [0, 0.1) is 0 Å². The largest absolute Gasteiger partial charge is 0.371 e. The van der Waals surface area contributed by atoms with Crippen molar-refractivity contribution in [2.24, 2.45) is 5.73 Å². The van der Waals surface area contributed by atoms with Gasteiger partial charge in [0.1, 0.15) is 11.4 Å². The molecule has 32 heavy (non-hydrogen) atoms. The van der Waals surface area contributed by atoms with E-state index in [1.165, 1.54) is 24.4 Å². The standard InChI is InChI=1S/C23H25N7O2/c1-3-30-10-9-15-7-8-18(12-20(15)30)27-22-19(21(24)32)13-25-23(29-22)28-17-6-4-5-16(11-17)26-14(2)31/h4-8,11-13H,3,9-10H2,1-2H3,(H2,24,32)(H,26,31)(H2,25,27,28,29). The number of hydrogen-bond acceptors (Lipinski definition) is 7. The number of carbonyl (C=O) groups is 2. The number of amides is 2. The number of primary amides is 1. The van der Waals surface area contributed by atoms with E-state index < -0.39 is 5.91 Å². The minimum absolute atomic E-state index is 0.160. The number of hydrogen-bond donors (Lipinski definition) is 4. The highest BCUT2D eigenvalue weighted by Gasteiger charge is 2.19. The Morgan fingerprint density at radius 2 is 1.88 bits per heavy atom. The molecule has 2 aromatic carbocycles. The summed E-state index contributed by atoms with van der Waals surface area (Å²) in [6.07, 6.45) is 2.42. The molecule has 3 aromatic rings. The smallest absolute Gasteiger partial charge is 0.254 e. The number of nitrogens with two attached hydrogens (primary N) is 1. The van der Waals surface area contributed by atoms with Gasteiger partial charge in [-0.1, -0.05) is 12.1 Å². The van der Waals surface area contributed by atoms with Gasteiger partial charge in [-0.2, -0.15) is 4.98 Å². The van der Waals surface area contributed by atoms with E-state index in [1.54, 1.807) is 18.2 Å². The Morgan fingerprint density at radius 1 is 1.09 bits per heavy atom. The lowest BCUT2D eigenvalue weighted by atomic mass is 10.1. The Labute approximate surface area is 186 Å². The van der Waals surface area contributed by atoms with E-state index in [0.717, 1.165) is 25.2 Å². The maximum Gasteiger partial charge on any atom is 0.254 e. The van der Waals surface area contributed by atoms with Gasteiger partial charge in [0.2, 0.25) is 11.9 Å². The zero-order valence-corrected chi connectivity index (χ0v) is 18.0. The van der Waals surface area contributed by atoms with E-state index >= 15 is 0 Å². The average molecular weight is 432 g/mol. The highest BCUT2D eigenvalue weighted by Crippen LogP contribution is 2.32. The Morgan fingerprint density at radius 3 is 2.62 bits per heavy atom. The van der Waals surface area contributed by atoms with E-state index in [9.17, 15) is 9.59 Å². The Kier molecular flexibility index (Phi) is 5.89. The number of nitrogens with zero attached hydrogens (tertiary/aromatic N) is 3. The van der Waals surface area contributed by atoms with Crippen molar-refractivity contribution >= 4 is 46.3 Å². The molecule has 9 nitrogen and oxygen atoms in total. The lowest BCUT2D eigenvalue weighted by Gasteiger charge is -2.18. The number of anilines is 6. The van der Waals surface area contributed by atoms with Gasteiger partial charge in [-0.15, -0.1) is 0 Å². The van der Waals surface area contributed by atoms with Gasteiger partial charge >= 0.3 is 0 Å². The fourth-order valence-electron chi connectivity index (χ4n) is 3.71. The van der Waals surface area contributed by atoms with Crippen LogP contribution in [0.25, 0.3) is 0 Å². The van der Waals surface area contributed by atoms with Crippen molar-refractivity contribution in [1.29, 1.82) is 0 Å². The number of carbonyl (C=O) groups excluding carboxylic acids is 2. The third-order valence-electron chi connectivity index (χ3n) is 5.21. The molecule has 0 atom stereocenters. The molecule has 5 N–H and O–H groups in total. The van der Waals surface area contributed by atoms with Crippen LogP contribution in [-0.2, 0) is 11.2 Å². The molecular weight excluding hydrogens is 406 g/mol. The summed E-state index contributed by atoms with van der Waals surface area (Å²) in [5, 5.41) is 9.04. The summed E-state index contributed by atoms with van der Waals surface area (Å²) in [6.45, 7) is 5.51. The van der Waals surface area contributed by atoms with Crippen LogP contribution < -0.4 is 26.6 Å². The van der Waals surface area contributed by atoms with Crippen LogP contribution in [0.4, 0.5) is 34.5 Å². The molecular formula is C23H25N7O2.